The Morgan fingerprint density at radius 2 is 1.60 bits per heavy atom. The molecule has 3 nitrogen and oxygen atoms in total. The molecule has 0 aliphatic carbocycles. The number of nitrogens with zero attached hydrogens (tertiary/aromatic N) is 1. The van der Waals surface area contributed by atoms with Crippen molar-refractivity contribution in [1.82, 2.24) is 0 Å². The third-order valence-corrected chi connectivity index (χ3v) is 2.99. The van der Waals surface area contributed by atoms with Crippen molar-refractivity contribution in [3.05, 3.63) is 65.2 Å². The highest BCUT2D eigenvalue weighted by Gasteiger charge is 1.94. The van der Waals surface area contributed by atoms with Crippen LogP contribution in [0.15, 0.2) is 53.7 Å². The van der Waals surface area contributed by atoms with E-state index in [1.54, 1.807) is 7.11 Å². The third-order valence-electron chi connectivity index (χ3n) is 2.99. The first-order valence-electron chi connectivity index (χ1n) is 6.61. The maximum Gasteiger partial charge on any atom is 0.142 e. The second kappa shape index (κ2) is 7.34. The molecule has 0 bridgehead atoms. The van der Waals surface area contributed by atoms with Crippen molar-refractivity contribution in [1.29, 1.82) is 0 Å². The predicted molar refractivity (Wildman–Crippen MR) is 80.1 cm³/mol. The fourth-order valence-electron chi connectivity index (χ4n) is 1.73. The van der Waals surface area contributed by atoms with Crippen molar-refractivity contribution < 1.29 is 9.57 Å². The summed E-state index contributed by atoms with van der Waals surface area (Å²) in [5, 5.41) is 3.84. The smallest absolute Gasteiger partial charge is 0.142 e. The summed E-state index contributed by atoms with van der Waals surface area (Å²) < 4.78 is 5.08. The van der Waals surface area contributed by atoms with Gasteiger partial charge in [-0.1, -0.05) is 36.3 Å². The van der Waals surface area contributed by atoms with Crippen LogP contribution in [0.2, 0.25) is 0 Å². The molecule has 2 rings (SSSR count). The molecule has 2 aromatic rings. The van der Waals surface area contributed by atoms with E-state index in [1.807, 2.05) is 24.3 Å². The molecule has 0 atom stereocenters. The Balaban J connectivity index is 1.83. The largest absolute Gasteiger partial charge is 0.497 e. The van der Waals surface area contributed by atoms with Gasteiger partial charge in [0.15, 0.2) is 0 Å². The minimum absolute atomic E-state index is 0.452. The van der Waals surface area contributed by atoms with Gasteiger partial charge in [0.25, 0.3) is 0 Å². The van der Waals surface area contributed by atoms with E-state index in [9.17, 15) is 0 Å². The first-order valence-corrected chi connectivity index (χ1v) is 6.61. The summed E-state index contributed by atoms with van der Waals surface area (Å²) in [4.78, 5) is 5.24. The van der Waals surface area contributed by atoms with Gasteiger partial charge in [0, 0.05) is 5.56 Å². The second-order valence-electron chi connectivity index (χ2n) is 4.38. The Morgan fingerprint density at radius 3 is 2.20 bits per heavy atom. The topological polar surface area (TPSA) is 30.8 Å². The Bertz CT molecular complexity index is 544. The lowest BCUT2D eigenvalue weighted by Gasteiger charge is -2.01. The molecule has 0 aliphatic rings. The molecule has 0 N–H and O–H groups in total. The summed E-state index contributed by atoms with van der Waals surface area (Å²) in [5.74, 6) is 0.812. The zero-order chi connectivity index (χ0) is 14.2. The molecule has 0 saturated heterocycles. The van der Waals surface area contributed by atoms with Gasteiger partial charge in [0.1, 0.15) is 18.6 Å². The van der Waals surface area contributed by atoms with E-state index in [0.717, 1.165) is 23.3 Å². The summed E-state index contributed by atoms with van der Waals surface area (Å²) in [5.41, 5.74) is 3.27. The fraction of sp³-hybridized carbons (Fsp3) is 0.235. The Morgan fingerprint density at radius 1 is 0.950 bits per heavy atom. The van der Waals surface area contributed by atoms with E-state index in [-0.39, 0.29) is 0 Å². The molecule has 0 unspecified atom stereocenters. The van der Waals surface area contributed by atoms with Gasteiger partial charge in [-0.25, -0.2) is 0 Å². The number of hydrogen-bond donors (Lipinski definition) is 0. The van der Waals surface area contributed by atoms with Crippen LogP contribution in [0.25, 0.3) is 0 Å². The van der Waals surface area contributed by atoms with Crippen molar-refractivity contribution in [2.24, 2.45) is 5.16 Å². The van der Waals surface area contributed by atoms with Crippen LogP contribution >= 0.6 is 0 Å². The summed E-state index contributed by atoms with van der Waals surface area (Å²) >= 11 is 0. The highest BCUT2D eigenvalue weighted by atomic mass is 16.6. The average Bonchev–Trinajstić information content (AvgIpc) is 2.53. The molecule has 0 aliphatic heterocycles. The second-order valence-corrected chi connectivity index (χ2v) is 4.38. The van der Waals surface area contributed by atoms with Gasteiger partial charge >= 0.3 is 0 Å². The van der Waals surface area contributed by atoms with Gasteiger partial charge in [-0.05, 0) is 41.8 Å². The number of benzene rings is 2. The summed E-state index contributed by atoms with van der Waals surface area (Å²) in [6.07, 6.45) is 3.88. The molecule has 0 saturated carbocycles. The number of aryl methyl sites for hydroxylation is 1. The summed E-state index contributed by atoms with van der Waals surface area (Å²) in [6, 6.07) is 15.8. The van der Waals surface area contributed by atoms with Gasteiger partial charge in [0.2, 0.25) is 0 Å². The van der Waals surface area contributed by atoms with Gasteiger partial charge in [-0.2, -0.15) is 0 Å². The Labute approximate surface area is 119 Å². The molecule has 0 fully saturated rings. The number of ether oxygens (including phenoxy) is 1. The standard InChI is InChI=1S/C17H18NO2/c1-3-14-4-6-16(7-5-14)13-20-18-12-15-8-10-17(19-2)11-9-15/h4-11H,3,13H2,1-2H3. The maximum atomic E-state index is 5.24. The average molecular weight is 268 g/mol. The predicted octanol–water partition coefficient (Wildman–Crippen LogP) is 3.69. The van der Waals surface area contributed by atoms with Crippen molar-refractivity contribution in [3.63, 3.8) is 0 Å². The van der Waals surface area contributed by atoms with E-state index in [2.05, 4.69) is 42.6 Å². The summed E-state index contributed by atoms with van der Waals surface area (Å²) in [6.45, 7) is 2.59. The molecule has 1 radical (unpaired) electrons. The lowest BCUT2D eigenvalue weighted by Crippen LogP contribution is -1.89. The van der Waals surface area contributed by atoms with Crippen LogP contribution in [-0.4, -0.2) is 13.3 Å². The minimum Gasteiger partial charge on any atom is -0.497 e. The minimum atomic E-state index is 0.452. The van der Waals surface area contributed by atoms with Crippen molar-refractivity contribution in [2.45, 2.75) is 20.0 Å². The monoisotopic (exact) mass is 268 g/mol. The maximum absolute atomic E-state index is 5.24. The SMILES string of the molecule is CCc1ccc(CO/N=[C]\c2ccc(OC)cc2)cc1. The van der Waals surface area contributed by atoms with Crippen LogP contribution in [0.4, 0.5) is 0 Å². The molecule has 0 heterocycles. The Hall–Kier alpha value is -2.29. The van der Waals surface area contributed by atoms with E-state index in [4.69, 9.17) is 9.57 Å². The molecular formula is C17H18NO2. The van der Waals surface area contributed by atoms with E-state index in [1.165, 1.54) is 5.56 Å². The number of hydrogen-bond acceptors (Lipinski definition) is 3. The first kappa shape index (κ1) is 14.1. The zero-order valence-electron chi connectivity index (χ0n) is 11.8. The number of rotatable bonds is 6. The zero-order valence-corrected chi connectivity index (χ0v) is 11.8. The van der Waals surface area contributed by atoms with Gasteiger partial charge in [0.05, 0.1) is 7.11 Å². The fourth-order valence-corrected chi connectivity index (χ4v) is 1.73. The lowest BCUT2D eigenvalue weighted by molar-refractivity contribution is 0.132. The van der Waals surface area contributed by atoms with Crippen LogP contribution in [0.5, 0.6) is 5.75 Å². The third kappa shape index (κ3) is 4.12. The van der Waals surface area contributed by atoms with E-state index < -0.39 is 0 Å². The molecule has 103 valence electrons. The molecular weight excluding hydrogens is 250 g/mol. The normalized spacial score (nSPS) is 10.7. The Kier molecular flexibility index (Phi) is 5.18. The van der Waals surface area contributed by atoms with Crippen LogP contribution in [-0.2, 0) is 17.9 Å². The number of methoxy groups -OCH3 is 1. The molecule has 3 heteroatoms. The molecule has 20 heavy (non-hydrogen) atoms. The molecule has 0 amide bonds. The van der Waals surface area contributed by atoms with Crippen molar-refractivity contribution >= 4 is 6.21 Å². The quantitative estimate of drug-likeness (QED) is 0.591. The molecule has 2 aromatic carbocycles. The van der Waals surface area contributed by atoms with E-state index in [0.29, 0.717) is 6.61 Å². The van der Waals surface area contributed by atoms with Crippen LogP contribution < -0.4 is 4.74 Å². The van der Waals surface area contributed by atoms with E-state index >= 15 is 0 Å². The van der Waals surface area contributed by atoms with Crippen LogP contribution in [0.1, 0.15) is 23.6 Å². The highest BCUT2D eigenvalue weighted by molar-refractivity contribution is 5.79. The van der Waals surface area contributed by atoms with Gasteiger partial charge in [-0.3, -0.25) is 0 Å². The highest BCUT2D eigenvalue weighted by Crippen LogP contribution is 2.10. The van der Waals surface area contributed by atoms with Gasteiger partial charge < -0.3 is 9.57 Å². The lowest BCUT2D eigenvalue weighted by atomic mass is 10.1. The molecule has 0 aromatic heterocycles. The van der Waals surface area contributed by atoms with Crippen LogP contribution in [0, 0.1) is 0 Å². The van der Waals surface area contributed by atoms with Crippen molar-refractivity contribution in [2.75, 3.05) is 7.11 Å². The molecule has 0 spiro atoms. The summed E-state index contributed by atoms with van der Waals surface area (Å²) in [7, 11) is 1.64. The van der Waals surface area contributed by atoms with Gasteiger partial charge in [-0.15, -0.1) is 0 Å². The van der Waals surface area contributed by atoms with Crippen LogP contribution in [0.3, 0.4) is 0 Å². The first-order chi connectivity index (χ1) is 9.81. The van der Waals surface area contributed by atoms with Crippen molar-refractivity contribution in [3.8, 4) is 5.75 Å².